The number of nitrogens with zero attached hydrogens (tertiary/aromatic N) is 1. The molecule has 0 unspecified atom stereocenters. The third-order valence-corrected chi connectivity index (χ3v) is 2.12. The maximum atomic E-state index is 11.2. The van der Waals surface area contributed by atoms with Crippen molar-refractivity contribution >= 4 is 11.8 Å². The van der Waals surface area contributed by atoms with Gasteiger partial charge in [0.1, 0.15) is 0 Å². The molecule has 16 heavy (non-hydrogen) atoms. The molecule has 5 nitrogen and oxygen atoms in total. The lowest BCUT2D eigenvalue weighted by atomic mass is 10.2. The van der Waals surface area contributed by atoms with Crippen molar-refractivity contribution in [3.63, 3.8) is 0 Å². The number of carbonyl (C=O) groups excluding carboxylic acids is 2. The first kappa shape index (κ1) is 14.9. The van der Waals surface area contributed by atoms with Gasteiger partial charge in [0.2, 0.25) is 0 Å². The molecule has 0 aliphatic carbocycles. The molecule has 0 aliphatic heterocycles. The molecule has 0 aromatic heterocycles. The number of unbranched alkanes of at least 4 members (excludes halogenated alkanes) is 2. The normalized spacial score (nSPS) is 10.2. The monoisotopic (exact) mass is 229 g/mol. The van der Waals surface area contributed by atoms with Crippen LogP contribution >= 0.6 is 0 Å². The molecule has 0 fully saturated rings. The number of hydrogen-bond donors (Lipinski definition) is 2. The van der Waals surface area contributed by atoms with E-state index in [4.69, 9.17) is 0 Å². The van der Waals surface area contributed by atoms with Crippen LogP contribution in [0.15, 0.2) is 0 Å². The Morgan fingerprint density at radius 3 is 2.06 bits per heavy atom. The Balaban J connectivity index is 3.54. The van der Waals surface area contributed by atoms with Crippen LogP contribution in [0.2, 0.25) is 0 Å². The van der Waals surface area contributed by atoms with E-state index in [2.05, 4.69) is 17.6 Å². The van der Waals surface area contributed by atoms with E-state index in [0.29, 0.717) is 13.1 Å². The van der Waals surface area contributed by atoms with Gasteiger partial charge in [-0.15, -0.1) is 0 Å². The second-order valence-electron chi connectivity index (χ2n) is 4.02. The molecule has 0 saturated heterocycles. The van der Waals surface area contributed by atoms with Crippen molar-refractivity contribution < 1.29 is 9.59 Å². The quantitative estimate of drug-likeness (QED) is 0.476. The summed E-state index contributed by atoms with van der Waals surface area (Å²) in [5.74, 6) is -1.08. The molecule has 0 bridgehead atoms. The lowest BCUT2D eigenvalue weighted by Crippen LogP contribution is -2.42. The van der Waals surface area contributed by atoms with Gasteiger partial charge in [0.15, 0.2) is 0 Å². The van der Waals surface area contributed by atoms with Crippen LogP contribution in [0.5, 0.6) is 0 Å². The zero-order valence-corrected chi connectivity index (χ0v) is 10.5. The number of carbonyl (C=O) groups is 2. The average molecular weight is 229 g/mol. The molecule has 0 saturated carbocycles. The van der Waals surface area contributed by atoms with E-state index in [-0.39, 0.29) is 0 Å². The van der Waals surface area contributed by atoms with Gasteiger partial charge in [-0.2, -0.15) is 0 Å². The van der Waals surface area contributed by atoms with Gasteiger partial charge in [0.05, 0.1) is 0 Å². The molecular weight excluding hydrogens is 206 g/mol. The van der Waals surface area contributed by atoms with Crippen LogP contribution in [0.4, 0.5) is 0 Å². The van der Waals surface area contributed by atoms with Crippen LogP contribution in [-0.2, 0) is 9.59 Å². The molecule has 5 heteroatoms. The number of likely N-dealkylation sites (N-methyl/N-ethyl adjacent to an activating group) is 1. The summed E-state index contributed by atoms with van der Waals surface area (Å²) in [6, 6.07) is 0. The van der Waals surface area contributed by atoms with Crippen LogP contribution in [0.3, 0.4) is 0 Å². The summed E-state index contributed by atoms with van der Waals surface area (Å²) in [7, 11) is 3.83. The van der Waals surface area contributed by atoms with Crippen molar-refractivity contribution in [1.82, 2.24) is 15.5 Å². The Hall–Kier alpha value is -1.10. The lowest BCUT2D eigenvalue weighted by molar-refractivity contribution is -0.139. The van der Waals surface area contributed by atoms with Gasteiger partial charge < -0.3 is 15.5 Å². The van der Waals surface area contributed by atoms with Crippen LogP contribution in [0, 0.1) is 0 Å². The molecule has 0 aliphatic rings. The highest BCUT2D eigenvalue weighted by Gasteiger charge is 2.11. The minimum absolute atomic E-state index is 0.494. The molecule has 0 radical (unpaired) electrons. The zero-order valence-electron chi connectivity index (χ0n) is 10.5. The van der Waals surface area contributed by atoms with Crippen molar-refractivity contribution in [2.24, 2.45) is 0 Å². The summed E-state index contributed by atoms with van der Waals surface area (Å²) in [5, 5.41) is 5.15. The first-order valence-corrected chi connectivity index (χ1v) is 5.78. The molecule has 0 atom stereocenters. The third kappa shape index (κ3) is 8.23. The highest BCUT2D eigenvalue weighted by molar-refractivity contribution is 6.35. The Morgan fingerprint density at radius 2 is 1.56 bits per heavy atom. The number of rotatable bonds is 7. The standard InChI is InChI=1S/C11H23N3O2/c1-4-5-6-7-12-10(15)11(16)13-8-9-14(2)3/h4-9H2,1-3H3,(H,12,15)(H,13,16). The Labute approximate surface area is 97.6 Å². The molecule has 0 aromatic carbocycles. The maximum absolute atomic E-state index is 11.2. The summed E-state index contributed by atoms with van der Waals surface area (Å²) in [6.45, 7) is 3.90. The first-order chi connectivity index (χ1) is 7.57. The van der Waals surface area contributed by atoms with Crippen LogP contribution < -0.4 is 10.6 Å². The molecule has 0 rings (SSSR count). The Kier molecular flexibility index (Phi) is 8.52. The second kappa shape index (κ2) is 9.15. The molecule has 0 spiro atoms. The highest BCUT2D eigenvalue weighted by atomic mass is 16.2. The van der Waals surface area contributed by atoms with E-state index in [1.54, 1.807) is 0 Å². The number of hydrogen-bond acceptors (Lipinski definition) is 3. The molecule has 94 valence electrons. The average Bonchev–Trinajstić information content (AvgIpc) is 2.23. The van der Waals surface area contributed by atoms with Gasteiger partial charge in [-0.25, -0.2) is 0 Å². The smallest absolute Gasteiger partial charge is 0.309 e. The van der Waals surface area contributed by atoms with E-state index in [0.717, 1.165) is 25.8 Å². The van der Waals surface area contributed by atoms with Crippen LogP contribution in [0.1, 0.15) is 26.2 Å². The topological polar surface area (TPSA) is 61.4 Å². The number of nitrogens with one attached hydrogen (secondary N) is 2. The SMILES string of the molecule is CCCCCNC(=O)C(=O)NCCN(C)C. The largest absolute Gasteiger partial charge is 0.348 e. The van der Waals surface area contributed by atoms with Crippen LogP contribution in [-0.4, -0.2) is 50.4 Å². The Bertz CT molecular complexity index is 217. The van der Waals surface area contributed by atoms with E-state index in [9.17, 15) is 9.59 Å². The molecular formula is C11H23N3O2. The van der Waals surface area contributed by atoms with E-state index in [1.807, 2.05) is 19.0 Å². The molecule has 0 aromatic rings. The van der Waals surface area contributed by atoms with Gasteiger partial charge in [-0.3, -0.25) is 9.59 Å². The predicted octanol–water partition coefficient (Wildman–Crippen LogP) is -0.0294. The summed E-state index contributed by atoms with van der Waals surface area (Å²) >= 11 is 0. The highest BCUT2D eigenvalue weighted by Crippen LogP contribution is 1.90. The van der Waals surface area contributed by atoms with Crippen LogP contribution in [0.25, 0.3) is 0 Å². The predicted molar refractivity (Wildman–Crippen MR) is 64.1 cm³/mol. The fourth-order valence-corrected chi connectivity index (χ4v) is 1.13. The molecule has 2 N–H and O–H groups in total. The van der Waals surface area contributed by atoms with E-state index in [1.165, 1.54) is 0 Å². The molecule has 2 amide bonds. The number of amides is 2. The van der Waals surface area contributed by atoms with Gasteiger partial charge in [0.25, 0.3) is 0 Å². The maximum Gasteiger partial charge on any atom is 0.309 e. The zero-order chi connectivity index (χ0) is 12.4. The van der Waals surface area contributed by atoms with Gasteiger partial charge in [-0.1, -0.05) is 19.8 Å². The van der Waals surface area contributed by atoms with Crippen molar-refractivity contribution in [3.8, 4) is 0 Å². The van der Waals surface area contributed by atoms with Crippen molar-refractivity contribution in [3.05, 3.63) is 0 Å². The molecule has 0 heterocycles. The lowest BCUT2D eigenvalue weighted by Gasteiger charge is -2.10. The minimum Gasteiger partial charge on any atom is -0.348 e. The summed E-state index contributed by atoms with van der Waals surface area (Å²) in [5.41, 5.74) is 0. The summed E-state index contributed by atoms with van der Waals surface area (Å²) < 4.78 is 0. The second-order valence-corrected chi connectivity index (χ2v) is 4.02. The summed E-state index contributed by atoms with van der Waals surface area (Å²) in [6.07, 6.45) is 3.10. The van der Waals surface area contributed by atoms with Gasteiger partial charge in [-0.05, 0) is 20.5 Å². The fourth-order valence-electron chi connectivity index (χ4n) is 1.13. The van der Waals surface area contributed by atoms with Crippen molar-refractivity contribution in [1.29, 1.82) is 0 Å². The van der Waals surface area contributed by atoms with E-state index >= 15 is 0 Å². The van der Waals surface area contributed by atoms with Crippen molar-refractivity contribution in [2.75, 3.05) is 33.7 Å². The third-order valence-electron chi connectivity index (χ3n) is 2.12. The van der Waals surface area contributed by atoms with Gasteiger partial charge >= 0.3 is 11.8 Å². The Morgan fingerprint density at radius 1 is 1.00 bits per heavy atom. The minimum atomic E-state index is -0.543. The van der Waals surface area contributed by atoms with Crippen molar-refractivity contribution in [2.45, 2.75) is 26.2 Å². The van der Waals surface area contributed by atoms with Gasteiger partial charge in [0, 0.05) is 19.6 Å². The summed E-state index contributed by atoms with van der Waals surface area (Å²) in [4.78, 5) is 24.4. The first-order valence-electron chi connectivity index (χ1n) is 5.78. The fraction of sp³-hybridized carbons (Fsp3) is 0.818. The van der Waals surface area contributed by atoms with E-state index < -0.39 is 11.8 Å².